The third-order valence-electron chi connectivity index (χ3n) is 4.96. The monoisotopic (exact) mass is 554 g/mol. The Balaban J connectivity index is 0.000000471. The maximum Gasteiger partial charge on any atom is 0.407 e. The number of allylic oxidation sites excluding steroid dienone is 3. The molecule has 35 heavy (non-hydrogen) atoms. The number of rotatable bonds is 8. The Kier molecular flexibility index (Phi) is 12.7. The van der Waals surface area contributed by atoms with E-state index in [0.29, 0.717) is 13.0 Å². The maximum atomic E-state index is 12.5. The lowest BCUT2D eigenvalue weighted by atomic mass is 10.0. The van der Waals surface area contributed by atoms with E-state index >= 15 is 0 Å². The van der Waals surface area contributed by atoms with Gasteiger partial charge in [-0.1, -0.05) is 46.0 Å². The Hall–Kier alpha value is -2.21. The molecule has 0 aliphatic heterocycles. The number of nitrogens with one attached hydrogen (secondary N) is 2. The van der Waals surface area contributed by atoms with Crippen LogP contribution in [0.5, 0.6) is 0 Å². The van der Waals surface area contributed by atoms with Crippen molar-refractivity contribution >= 4 is 22.0 Å². The highest BCUT2D eigenvalue weighted by Gasteiger charge is 2.44. The van der Waals surface area contributed by atoms with Crippen LogP contribution in [0, 0.1) is 11.8 Å². The summed E-state index contributed by atoms with van der Waals surface area (Å²) in [5, 5.41) is 16.5. The Morgan fingerprint density at radius 3 is 2.57 bits per heavy atom. The van der Waals surface area contributed by atoms with Crippen LogP contribution >= 0.6 is 15.9 Å². The largest absolute Gasteiger partial charge is 0.444 e. The summed E-state index contributed by atoms with van der Waals surface area (Å²) in [5.41, 5.74) is 0.610. The first-order valence-electron chi connectivity index (χ1n) is 11.5. The molecule has 0 bridgehead atoms. The van der Waals surface area contributed by atoms with Crippen molar-refractivity contribution in [1.82, 2.24) is 10.6 Å². The SMILES string of the molecule is C=CCC#CC(F)/C=C(\C)F.C[C@H](NC(=O)OC(C)(C)C)C(O)CNC1(c2cccc(Br)c2)CC1. The number of carbonyl (C=O) groups is 1. The van der Waals surface area contributed by atoms with Gasteiger partial charge in [0.05, 0.1) is 18.0 Å². The van der Waals surface area contributed by atoms with Gasteiger partial charge in [0.2, 0.25) is 0 Å². The molecule has 3 N–H and O–H groups in total. The first kappa shape index (κ1) is 30.8. The van der Waals surface area contributed by atoms with Crippen molar-refractivity contribution < 1.29 is 23.4 Å². The zero-order valence-electron chi connectivity index (χ0n) is 21.1. The van der Waals surface area contributed by atoms with Gasteiger partial charge in [0.1, 0.15) is 5.60 Å². The van der Waals surface area contributed by atoms with Crippen molar-refractivity contribution in [3.8, 4) is 11.8 Å². The van der Waals surface area contributed by atoms with Crippen LogP contribution in [0.2, 0.25) is 0 Å². The third-order valence-corrected chi connectivity index (χ3v) is 5.45. The number of carbonyl (C=O) groups excluding carboxylic acids is 1. The van der Waals surface area contributed by atoms with E-state index in [9.17, 15) is 18.7 Å². The van der Waals surface area contributed by atoms with Gasteiger partial charge in [0.25, 0.3) is 0 Å². The normalized spacial score (nSPS) is 16.9. The number of hydrogen-bond donors (Lipinski definition) is 3. The molecule has 1 aromatic carbocycles. The molecular formula is C27H37BrF2N2O3. The number of hydrogen-bond acceptors (Lipinski definition) is 4. The predicted octanol–water partition coefficient (Wildman–Crippen LogP) is 6.08. The van der Waals surface area contributed by atoms with E-state index in [-0.39, 0.29) is 5.54 Å². The average molecular weight is 556 g/mol. The number of benzene rings is 1. The summed E-state index contributed by atoms with van der Waals surface area (Å²) in [6.45, 7) is 12.2. The highest BCUT2D eigenvalue weighted by Crippen LogP contribution is 2.45. The fourth-order valence-corrected chi connectivity index (χ4v) is 3.42. The van der Waals surface area contributed by atoms with Crippen molar-refractivity contribution in [2.75, 3.05) is 6.54 Å². The molecule has 2 unspecified atom stereocenters. The standard InChI is InChI=1S/C18H27BrN2O3.C9H10F2/c1-12(21-16(23)24-17(2,3)4)15(22)11-20-18(8-9-18)13-6-5-7-14(19)10-13;1-3-4-5-6-9(11)7-8(2)10/h5-7,10,12,15,20,22H,8-9,11H2,1-4H3,(H,21,23);3,7,9H,1,4H2,2H3/b;8-7+/t12-,15?;/m0./s1. The molecule has 3 atom stereocenters. The van der Waals surface area contributed by atoms with E-state index < -0.39 is 35.8 Å². The van der Waals surface area contributed by atoms with Gasteiger partial charge >= 0.3 is 6.09 Å². The fraction of sp³-hybridized carbons (Fsp3) is 0.519. The zero-order valence-corrected chi connectivity index (χ0v) is 22.7. The molecule has 1 aliphatic rings. The smallest absolute Gasteiger partial charge is 0.407 e. The van der Waals surface area contributed by atoms with E-state index in [1.165, 1.54) is 12.5 Å². The molecule has 0 spiro atoms. The van der Waals surface area contributed by atoms with Crippen molar-refractivity contribution in [1.29, 1.82) is 0 Å². The van der Waals surface area contributed by atoms with Crippen molar-refractivity contribution in [3.63, 3.8) is 0 Å². The summed E-state index contributed by atoms with van der Waals surface area (Å²) < 4.78 is 30.7. The van der Waals surface area contributed by atoms with E-state index in [4.69, 9.17) is 4.74 Å². The summed E-state index contributed by atoms with van der Waals surface area (Å²) in [7, 11) is 0. The quantitative estimate of drug-likeness (QED) is 0.269. The number of alkyl carbamates (subject to hydrolysis) is 1. The van der Waals surface area contributed by atoms with Gasteiger partial charge < -0.3 is 20.5 Å². The highest BCUT2D eigenvalue weighted by molar-refractivity contribution is 9.10. The molecule has 1 fully saturated rings. The number of ether oxygens (including phenoxy) is 1. The van der Waals surface area contributed by atoms with Gasteiger partial charge in [-0.2, -0.15) is 0 Å². The van der Waals surface area contributed by atoms with Crippen LogP contribution in [0.15, 0.2) is 53.3 Å². The number of amides is 1. The molecule has 8 heteroatoms. The zero-order chi connectivity index (χ0) is 26.6. The molecule has 0 aromatic heterocycles. The van der Waals surface area contributed by atoms with Crippen molar-refractivity contribution in [3.05, 3.63) is 58.9 Å². The van der Waals surface area contributed by atoms with E-state index in [2.05, 4.69) is 57.1 Å². The molecule has 1 saturated carbocycles. The summed E-state index contributed by atoms with van der Waals surface area (Å²) in [4.78, 5) is 11.8. The molecule has 1 aromatic rings. The Bertz CT molecular complexity index is 926. The van der Waals surface area contributed by atoms with Gasteiger partial charge in [-0.05, 0) is 71.2 Å². The lowest BCUT2D eigenvalue weighted by Gasteiger charge is -2.26. The van der Waals surface area contributed by atoms with Crippen LogP contribution < -0.4 is 10.6 Å². The lowest BCUT2D eigenvalue weighted by molar-refractivity contribution is 0.0433. The average Bonchev–Trinajstić information content (AvgIpc) is 3.52. The van der Waals surface area contributed by atoms with Crippen LogP contribution in [0.4, 0.5) is 13.6 Å². The third kappa shape index (κ3) is 12.9. The van der Waals surface area contributed by atoms with Crippen molar-refractivity contribution in [2.24, 2.45) is 0 Å². The highest BCUT2D eigenvalue weighted by atomic mass is 79.9. The van der Waals surface area contributed by atoms with Crippen LogP contribution in [0.3, 0.4) is 0 Å². The molecule has 194 valence electrons. The minimum absolute atomic E-state index is 0.0591. The van der Waals surface area contributed by atoms with Crippen LogP contribution in [-0.2, 0) is 10.3 Å². The maximum absolute atomic E-state index is 12.5. The Labute approximate surface area is 216 Å². The summed E-state index contributed by atoms with van der Waals surface area (Å²) >= 11 is 3.50. The van der Waals surface area contributed by atoms with Gasteiger partial charge in [-0.3, -0.25) is 0 Å². The molecular weight excluding hydrogens is 518 g/mol. The number of aliphatic hydroxyl groups excluding tert-OH is 1. The van der Waals surface area contributed by atoms with E-state index in [1.807, 2.05) is 32.9 Å². The van der Waals surface area contributed by atoms with Gasteiger partial charge in [-0.25, -0.2) is 13.6 Å². The first-order valence-corrected chi connectivity index (χ1v) is 12.3. The molecule has 0 radical (unpaired) electrons. The molecule has 2 rings (SSSR count). The second-order valence-corrected chi connectivity index (χ2v) is 10.4. The Morgan fingerprint density at radius 1 is 1.40 bits per heavy atom. The second kappa shape index (κ2) is 14.4. The summed E-state index contributed by atoms with van der Waals surface area (Å²) in [6.07, 6.45) is 2.21. The summed E-state index contributed by atoms with van der Waals surface area (Å²) in [5.74, 6) is 4.15. The first-order chi connectivity index (χ1) is 16.3. The molecule has 0 heterocycles. The van der Waals surface area contributed by atoms with Crippen LogP contribution in [0.1, 0.15) is 59.4 Å². The minimum atomic E-state index is -1.50. The van der Waals surface area contributed by atoms with Crippen LogP contribution in [0.25, 0.3) is 0 Å². The van der Waals surface area contributed by atoms with Crippen molar-refractivity contribution in [2.45, 2.75) is 83.3 Å². The topological polar surface area (TPSA) is 70.6 Å². The molecule has 5 nitrogen and oxygen atoms in total. The molecule has 1 aliphatic carbocycles. The van der Waals surface area contributed by atoms with E-state index in [1.54, 1.807) is 13.0 Å². The number of halogens is 3. The predicted molar refractivity (Wildman–Crippen MR) is 140 cm³/mol. The lowest BCUT2D eigenvalue weighted by Crippen LogP contribution is -2.48. The molecule has 0 saturated heterocycles. The van der Waals surface area contributed by atoms with E-state index in [0.717, 1.165) is 23.4 Å². The van der Waals surface area contributed by atoms with Gasteiger partial charge in [-0.15, -0.1) is 6.58 Å². The fourth-order valence-electron chi connectivity index (χ4n) is 3.02. The summed E-state index contributed by atoms with van der Waals surface area (Å²) in [6, 6.07) is 7.82. The number of alkyl halides is 1. The van der Waals surface area contributed by atoms with Crippen LogP contribution in [-0.4, -0.2) is 41.7 Å². The Morgan fingerprint density at radius 2 is 2.06 bits per heavy atom. The molecule has 1 amide bonds. The number of aliphatic hydroxyl groups is 1. The van der Waals surface area contributed by atoms with Gasteiger partial charge in [0, 0.05) is 23.0 Å². The second-order valence-electron chi connectivity index (χ2n) is 9.44. The van der Waals surface area contributed by atoms with Gasteiger partial charge in [0.15, 0.2) is 6.17 Å². The minimum Gasteiger partial charge on any atom is -0.444 e.